The van der Waals surface area contributed by atoms with Crippen LogP contribution in [0.25, 0.3) is 10.9 Å². The molecule has 5 heteroatoms. The molecule has 112 valence electrons. The van der Waals surface area contributed by atoms with Crippen molar-refractivity contribution in [2.75, 3.05) is 24.3 Å². The van der Waals surface area contributed by atoms with Gasteiger partial charge in [0.25, 0.3) is 0 Å². The highest BCUT2D eigenvalue weighted by atomic mass is 15.1. The smallest absolute Gasteiger partial charge is 0.222 e. The van der Waals surface area contributed by atoms with Gasteiger partial charge in [-0.05, 0) is 30.2 Å². The van der Waals surface area contributed by atoms with Gasteiger partial charge in [-0.3, -0.25) is 0 Å². The molecule has 0 amide bonds. The lowest BCUT2D eigenvalue weighted by Gasteiger charge is -2.15. The van der Waals surface area contributed by atoms with Gasteiger partial charge in [-0.1, -0.05) is 18.2 Å². The van der Waals surface area contributed by atoms with E-state index in [4.69, 9.17) is 0 Å². The van der Waals surface area contributed by atoms with Crippen molar-refractivity contribution in [3.05, 3.63) is 53.9 Å². The van der Waals surface area contributed by atoms with Crippen LogP contribution in [0.5, 0.6) is 0 Å². The maximum Gasteiger partial charge on any atom is 0.222 e. The highest BCUT2D eigenvalue weighted by Gasteiger charge is 2.07. The van der Waals surface area contributed by atoms with Crippen LogP contribution in [0.2, 0.25) is 0 Å². The van der Waals surface area contributed by atoms with Crippen LogP contribution in [0.15, 0.2) is 42.7 Å². The minimum atomic E-state index is 0.637. The summed E-state index contributed by atoms with van der Waals surface area (Å²) in [5, 5.41) is 4.42. The Labute approximate surface area is 130 Å². The summed E-state index contributed by atoms with van der Waals surface area (Å²) in [5.74, 6) is 1.58. The van der Waals surface area contributed by atoms with Gasteiger partial charge in [0, 0.05) is 38.4 Å². The molecule has 0 bridgehead atoms. The topological polar surface area (TPSA) is 53.9 Å². The fourth-order valence-corrected chi connectivity index (χ4v) is 2.27. The van der Waals surface area contributed by atoms with Gasteiger partial charge >= 0.3 is 0 Å². The summed E-state index contributed by atoms with van der Waals surface area (Å²) >= 11 is 0. The molecule has 3 rings (SSSR count). The molecule has 0 fully saturated rings. The Kier molecular flexibility index (Phi) is 3.87. The maximum atomic E-state index is 4.67. The van der Waals surface area contributed by atoms with E-state index in [1.54, 1.807) is 0 Å². The summed E-state index contributed by atoms with van der Waals surface area (Å²) in [6.45, 7) is 2.64. The average Bonchev–Trinajstić information content (AvgIpc) is 2.53. The second-order valence-electron chi connectivity index (χ2n) is 5.49. The zero-order chi connectivity index (χ0) is 15.5. The number of anilines is 2. The van der Waals surface area contributed by atoms with E-state index in [1.165, 1.54) is 5.56 Å². The van der Waals surface area contributed by atoms with Gasteiger partial charge in [0.15, 0.2) is 0 Å². The molecule has 0 aliphatic rings. The normalized spacial score (nSPS) is 10.7. The highest BCUT2D eigenvalue weighted by Crippen LogP contribution is 2.22. The molecule has 0 unspecified atom stereocenters. The number of pyridine rings is 1. The van der Waals surface area contributed by atoms with E-state index in [0.29, 0.717) is 12.5 Å². The third kappa shape index (κ3) is 2.98. The van der Waals surface area contributed by atoms with Gasteiger partial charge in [0.05, 0.1) is 5.52 Å². The number of benzene rings is 1. The molecule has 0 saturated carbocycles. The molecule has 0 spiro atoms. The quantitative estimate of drug-likeness (QED) is 0.801. The Morgan fingerprint density at radius 3 is 2.55 bits per heavy atom. The molecule has 2 aromatic heterocycles. The summed E-state index contributed by atoms with van der Waals surface area (Å²) in [5.41, 5.74) is 3.23. The van der Waals surface area contributed by atoms with E-state index in [1.807, 2.05) is 56.5 Å². The molecular formula is C17H19N5. The monoisotopic (exact) mass is 293 g/mol. The molecule has 0 radical (unpaired) electrons. The zero-order valence-corrected chi connectivity index (χ0v) is 13.0. The number of nitrogens with one attached hydrogen (secondary N) is 1. The molecule has 2 heterocycles. The maximum absolute atomic E-state index is 4.67. The number of hydrogen-bond acceptors (Lipinski definition) is 5. The minimum absolute atomic E-state index is 0.637. The Bertz CT molecular complexity index is 781. The number of para-hydroxylation sites is 1. The molecule has 0 aliphatic carbocycles. The van der Waals surface area contributed by atoms with E-state index in [2.05, 4.69) is 32.4 Å². The predicted molar refractivity (Wildman–Crippen MR) is 90.2 cm³/mol. The Morgan fingerprint density at radius 1 is 1.09 bits per heavy atom. The van der Waals surface area contributed by atoms with Crippen LogP contribution in [-0.2, 0) is 6.54 Å². The van der Waals surface area contributed by atoms with Crippen LogP contribution < -0.4 is 10.2 Å². The van der Waals surface area contributed by atoms with E-state index in [0.717, 1.165) is 22.3 Å². The fourth-order valence-electron chi connectivity index (χ4n) is 2.27. The van der Waals surface area contributed by atoms with Crippen molar-refractivity contribution in [3.8, 4) is 0 Å². The molecule has 5 nitrogen and oxygen atoms in total. The number of nitrogens with zero attached hydrogens (tertiary/aromatic N) is 4. The van der Waals surface area contributed by atoms with Crippen LogP contribution in [-0.4, -0.2) is 29.0 Å². The molecule has 0 aliphatic heterocycles. The van der Waals surface area contributed by atoms with Gasteiger partial charge in [-0.2, -0.15) is 0 Å². The molecule has 1 aromatic carbocycles. The molecule has 22 heavy (non-hydrogen) atoms. The Hall–Kier alpha value is -2.69. The number of aromatic nitrogens is 3. The minimum Gasteiger partial charge on any atom is -0.363 e. The summed E-state index contributed by atoms with van der Waals surface area (Å²) < 4.78 is 0. The standard InChI is InChI=1S/C17H19N5/c1-12-9-18-17(19-10-12)20-11-13-8-16(22(2)3)21-15-7-5-4-6-14(13)15/h4-10H,11H2,1-3H3,(H,18,19,20). The van der Waals surface area contributed by atoms with Gasteiger partial charge in [-0.15, -0.1) is 0 Å². The van der Waals surface area contributed by atoms with Crippen molar-refractivity contribution in [2.45, 2.75) is 13.5 Å². The molecule has 1 N–H and O–H groups in total. The number of hydrogen-bond donors (Lipinski definition) is 1. The third-order valence-corrected chi connectivity index (χ3v) is 3.46. The van der Waals surface area contributed by atoms with Gasteiger partial charge in [0.2, 0.25) is 5.95 Å². The van der Waals surface area contributed by atoms with Crippen LogP contribution >= 0.6 is 0 Å². The lowest BCUT2D eigenvalue weighted by molar-refractivity contribution is 1.03. The average molecular weight is 293 g/mol. The van der Waals surface area contributed by atoms with Crippen molar-refractivity contribution in [3.63, 3.8) is 0 Å². The molecular weight excluding hydrogens is 274 g/mol. The predicted octanol–water partition coefficient (Wildman–Crippen LogP) is 3.01. The summed E-state index contributed by atoms with van der Waals surface area (Å²) in [7, 11) is 3.99. The van der Waals surface area contributed by atoms with Crippen molar-refractivity contribution in [2.24, 2.45) is 0 Å². The number of rotatable bonds is 4. The first-order valence-electron chi connectivity index (χ1n) is 7.22. The molecule has 3 aromatic rings. The third-order valence-electron chi connectivity index (χ3n) is 3.46. The Balaban J connectivity index is 1.93. The fraction of sp³-hybridized carbons (Fsp3) is 0.235. The van der Waals surface area contributed by atoms with E-state index in [9.17, 15) is 0 Å². The second kappa shape index (κ2) is 5.97. The molecule has 0 atom stereocenters. The van der Waals surface area contributed by atoms with Crippen LogP contribution in [0.1, 0.15) is 11.1 Å². The van der Waals surface area contributed by atoms with E-state index < -0.39 is 0 Å². The zero-order valence-electron chi connectivity index (χ0n) is 13.0. The van der Waals surface area contributed by atoms with Crippen LogP contribution in [0.4, 0.5) is 11.8 Å². The second-order valence-corrected chi connectivity index (χ2v) is 5.49. The summed E-state index contributed by atoms with van der Waals surface area (Å²) in [6, 6.07) is 10.3. The first-order chi connectivity index (χ1) is 10.6. The van der Waals surface area contributed by atoms with Gasteiger partial charge < -0.3 is 10.2 Å². The number of fused-ring (bicyclic) bond motifs is 1. The summed E-state index contributed by atoms with van der Waals surface area (Å²) in [4.78, 5) is 15.2. The largest absolute Gasteiger partial charge is 0.363 e. The van der Waals surface area contributed by atoms with E-state index >= 15 is 0 Å². The SMILES string of the molecule is Cc1cnc(NCc2cc(N(C)C)nc3ccccc23)nc1. The lowest BCUT2D eigenvalue weighted by atomic mass is 10.1. The van der Waals surface area contributed by atoms with Crippen molar-refractivity contribution in [1.29, 1.82) is 0 Å². The van der Waals surface area contributed by atoms with Crippen molar-refractivity contribution < 1.29 is 0 Å². The van der Waals surface area contributed by atoms with Crippen LogP contribution in [0, 0.1) is 6.92 Å². The number of aryl methyl sites for hydroxylation is 1. The first kappa shape index (κ1) is 14.3. The summed E-state index contributed by atoms with van der Waals surface area (Å²) in [6.07, 6.45) is 3.62. The van der Waals surface area contributed by atoms with Gasteiger partial charge in [-0.25, -0.2) is 15.0 Å². The van der Waals surface area contributed by atoms with Gasteiger partial charge in [0.1, 0.15) is 5.82 Å². The molecule has 0 saturated heterocycles. The van der Waals surface area contributed by atoms with E-state index in [-0.39, 0.29) is 0 Å². The van der Waals surface area contributed by atoms with Crippen molar-refractivity contribution in [1.82, 2.24) is 15.0 Å². The van der Waals surface area contributed by atoms with Crippen molar-refractivity contribution >= 4 is 22.7 Å². The van der Waals surface area contributed by atoms with Crippen LogP contribution in [0.3, 0.4) is 0 Å². The first-order valence-corrected chi connectivity index (χ1v) is 7.22. The lowest BCUT2D eigenvalue weighted by Crippen LogP contribution is -2.12. The Morgan fingerprint density at radius 2 is 1.82 bits per heavy atom. The highest BCUT2D eigenvalue weighted by molar-refractivity contribution is 5.84.